The number of hydrogen-bond donors (Lipinski definition) is 1. The molecule has 0 radical (unpaired) electrons. The molecule has 3 heteroatoms. The smallest absolute Gasteiger partial charge is 0.185 e. The van der Waals surface area contributed by atoms with Gasteiger partial charge in [0.2, 0.25) is 0 Å². The van der Waals surface area contributed by atoms with Gasteiger partial charge in [-0.2, -0.15) is 0 Å². The molecule has 3 nitrogen and oxygen atoms in total. The quantitative estimate of drug-likeness (QED) is 0.643. The van der Waals surface area contributed by atoms with Crippen molar-refractivity contribution in [1.29, 1.82) is 0 Å². The average molecular weight is 176 g/mol. The van der Waals surface area contributed by atoms with Crippen LogP contribution in [-0.4, -0.2) is 31.2 Å². The molecule has 74 valence electrons. The Kier molecular flexibility index (Phi) is 4.75. The van der Waals surface area contributed by atoms with Crippen LogP contribution in [0.25, 0.3) is 0 Å². The van der Waals surface area contributed by atoms with Gasteiger partial charge >= 0.3 is 0 Å². The monoisotopic (exact) mass is 176 g/mol. The van der Waals surface area contributed by atoms with Crippen LogP contribution >= 0.6 is 0 Å². The first-order chi connectivity index (χ1) is 5.50. The van der Waals surface area contributed by atoms with Gasteiger partial charge in [-0.05, 0) is 12.8 Å². The van der Waals surface area contributed by atoms with E-state index < -0.39 is 11.9 Å². The summed E-state index contributed by atoms with van der Waals surface area (Å²) in [5.74, 6) is 0.155. The lowest BCUT2D eigenvalue weighted by molar-refractivity contribution is -0.225. The Morgan fingerprint density at radius 1 is 1.33 bits per heavy atom. The summed E-state index contributed by atoms with van der Waals surface area (Å²) in [7, 11) is 3.07. The summed E-state index contributed by atoms with van der Waals surface area (Å²) in [6.45, 7) is 5.74. The molecule has 12 heavy (non-hydrogen) atoms. The molecule has 0 rings (SSSR count). The van der Waals surface area contributed by atoms with Crippen molar-refractivity contribution in [1.82, 2.24) is 0 Å². The highest BCUT2D eigenvalue weighted by molar-refractivity contribution is 4.81. The van der Waals surface area contributed by atoms with Crippen molar-refractivity contribution < 1.29 is 14.6 Å². The molecule has 0 aliphatic carbocycles. The molecule has 0 aliphatic heterocycles. The molecule has 2 atom stereocenters. The molecule has 1 N–H and O–H groups in total. The van der Waals surface area contributed by atoms with Crippen LogP contribution in [0.3, 0.4) is 0 Å². The second-order valence-electron chi connectivity index (χ2n) is 3.34. The molecular formula is C9H20O3. The van der Waals surface area contributed by atoms with Gasteiger partial charge in [-0.1, -0.05) is 20.3 Å². The molecule has 0 saturated heterocycles. The molecule has 0 fully saturated rings. The summed E-state index contributed by atoms with van der Waals surface area (Å²) < 4.78 is 10.0. The molecule has 0 bridgehead atoms. The average Bonchev–Trinajstić information content (AvgIpc) is 2.04. The van der Waals surface area contributed by atoms with E-state index >= 15 is 0 Å². The third-order valence-corrected chi connectivity index (χ3v) is 2.52. The van der Waals surface area contributed by atoms with Gasteiger partial charge in [0.15, 0.2) is 6.29 Å². The van der Waals surface area contributed by atoms with Gasteiger partial charge in [-0.15, -0.1) is 0 Å². The van der Waals surface area contributed by atoms with E-state index in [9.17, 15) is 5.11 Å². The highest BCUT2D eigenvalue weighted by atomic mass is 16.7. The maximum Gasteiger partial charge on any atom is 0.185 e. The van der Waals surface area contributed by atoms with E-state index in [0.29, 0.717) is 0 Å². The number of rotatable bonds is 5. The Labute approximate surface area is 74.7 Å². The van der Waals surface area contributed by atoms with Crippen molar-refractivity contribution in [3.05, 3.63) is 0 Å². The molecule has 0 aromatic heterocycles. The maximum atomic E-state index is 9.99. The van der Waals surface area contributed by atoms with Crippen LogP contribution in [0, 0.1) is 5.92 Å². The van der Waals surface area contributed by atoms with Crippen molar-refractivity contribution in [3.8, 4) is 0 Å². The third-order valence-electron chi connectivity index (χ3n) is 2.52. The fraction of sp³-hybridized carbons (Fsp3) is 1.00. The number of methoxy groups -OCH3 is 2. The zero-order valence-corrected chi connectivity index (χ0v) is 8.63. The van der Waals surface area contributed by atoms with E-state index in [-0.39, 0.29) is 5.92 Å². The molecular weight excluding hydrogens is 156 g/mol. The van der Waals surface area contributed by atoms with Crippen molar-refractivity contribution >= 4 is 0 Å². The Morgan fingerprint density at radius 3 is 2.00 bits per heavy atom. The van der Waals surface area contributed by atoms with Crippen LogP contribution in [-0.2, 0) is 9.47 Å². The molecule has 0 spiro atoms. The zero-order valence-electron chi connectivity index (χ0n) is 8.63. The Hall–Kier alpha value is -0.120. The van der Waals surface area contributed by atoms with Crippen LogP contribution in [0.5, 0.6) is 0 Å². The maximum absolute atomic E-state index is 9.99. The fourth-order valence-corrected chi connectivity index (χ4v) is 1.22. The van der Waals surface area contributed by atoms with Gasteiger partial charge in [0.05, 0.1) is 0 Å². The van der Waals surface area contributed by atoms with Gasteiger partial charge < -0.3 is 14.6 Å². The topological polar surface area (TPSA) is 38.7 Å². The van der Waals surface area contributed by atoms with E-state index in [1.165, 1.54) is 14.2 Å². The molecule has 0 aliphatic rings. The Morgan fingerprint density at radius 2 is 1.75 bits per heavy atom. The summed E-state index contributed by atoms with van der Waals surface area (Å²) in [5, 5.41) is 9.99. The van der Waals surface area contributed by atoms with Crippen molar-refractivity contribution in [3.63, 3.8) is 0 Å². The fourth-order valence-electron chi connectivity index (χ4n) is 1.22. The van der Waals surface area contributed by atoms with Gasteiger partial charge in [0.25, 0.3) is 0 Å². The minimum atomic E-state index is -0.918. The molecule has 0 heterocycles. The van der Waals surface area contributed by atoms with E-state index in [0.717, 1.165) is 6.42 Å². The first kappa shape index (κ1) is 11.9. The number of hydrogen-bond acceptors (Lipinski definition) is 3. The summed E-state index contributed by atoms with van der Waals surface area (Å²) in [4.78, 5) is 0. The summed E-state index contributed by atoms with van der Waals surface area (Å²) >= 11 is 0. The summed E-state index contributed by atoms with van der Waals surface area (Å²) in [5.41, 5.74) is -0.918. The number of ether oxygens (including phenoxy) is 2. The van der Waals surface area contributed by atoms with Crippen molar-refractivity contribution in [2.75, 3.05) is 14.2 Å². The van der Waals surface area contributed by atoms with Crippen molar-refractivity contribution in [2.24, 2.45) is 5.92 Å². The van der Waals surface area contributed by atoms with Crippen molar-refractivity contribution in [2.45, 2.75) is 39.1 Å². The molecule has 0 aromatic rings. The largest absolute Gasteiger partial charge is 0.385 e. The van der Waals surface area contributed by atoms with E-state index in [1.807, 2.05) is 13.8 Å². The minimum absolute atomic E-state index is 0.155. The van der Waals surface area contributed by atoms with E-state index in [4.69, 9.17) is 9.47 Å². The molecule has 0 amide bonds. The second-order valence-corrected chi connectivity index (χ2v) is 3.34. The minimum Gasteiger partial charge on any atom is -0.385 e. The van der Waals surface area contributed by atoms with E-state index in [2.05, 4.69) is 0 Å². The standard InChI is InChI=1S/C9H20O3/c1-6-7(2)9(3,10)8(11-4)12-5/h7-8,10H,6H2,1-5H3. The summed E-state index contributed by atoms with van der Waals surface area (Å²) in [6.07, 6.45) is 0.350. The van der Waals surface area contributed by atoms with Gasteiger partial charge in [-0.3, -0.25) is 0 Å². The zero-order chi connectivity index (χ0) is 9.78. The highest BCUT2D eigenvalue weighted by Gasteiger charge is 2.36. The lowest BCUT2D eigenvalue weighted by Gasteiger charge is -2.35. The second kappa shape index (κ2) is 4.80. The van der Waals surface area contributed by atoms with Crippen LogP contribution in [0.15, 0.2) is 0 Å². The van der Waals surface area contributed by atoms with Gasteiger partial charge in [-0.25, -0.2) is 0 Å². The first-order valence-corrected chi connectivity index (χ1v) is 4.28. The van der Waals surface area contributed by atoms with Crippen LogP contribution in [0.4, 0.5) is 0 Å². The normalized spacial score (nSPS) is 19.2. The predicted molar refractivity (Wildman–Crippen MR) is 47.9 cm³/mol. The summed E-state index contributed by atoms with van der Waals surface area (Å²) in [6, 6.07) is 0. The van der Waals surface area contributed by atoms with Crippen LogP contribution in [0.1, 0.15) is 27.2 Å². The SMILES string of the molecule is CCC(C)C(C)(O)C(OC)OC. The van der Waals surface area contributed by atoms with E-state index in [1.54, 1.807) is 6.92 Å². The van der Waals surface area contributed by atoms with Gasteiger partial charge in [0, 0.05) is 14.2 Å². The van der Waals surface area contributed by atoms with Crippen LogP contribution in [0.2, 0.25) is 0 Å². The highest BCUT2D eigenvalue weighted by Crippen LogP contribution is 2.25. The molecule has 0 saturated carbocycles. The molecule has 2 unspecified atom stereocenters. The Bertz CT molecular complexity index is 119. The predicted octanol–water partition coefficient (Wildman–Crippen LogP) is 1.40. The van der Waals surface area contributed by atoms with Gasteiger partial charge in [0.1, 0.15) is 5.60 Å². The number of aliphatic hydroxyl groups is 1. The Balaban J connectivity index is 4.33. The molecule has 0 aromatic carbocycles. The lowest BCUT2D eigenvalue weighted by atomic mass is 9.88. The third kappa shape index (κ3) is 2.44. The lowest BCUT2D eigenvalue weighted by Crippen LogP contribution is -2.47. The first-order valence-electron chi connectivity index (χ1n) is 4.28. The van der Waals surface area contributed by atoms with Crippen LogP contribution < -0.4 is 0 Å².